The molecule has 0 aliphatic heterocycles. The van der Waals surface area contributed by atoms with Gasteiger partial charge in [-0.3, -0.25) is 0 Å². The Bertz CT molecular complexity index is 64.0. The number of hydrogen-bond acceptors (Lipinski definition) is 3. The first-order chi connectivity index (χ1) is 2.50. The van der Waals surface area contributed by atoms with Gasteiger partial charge in [-0.25, -0.2) is 11.5 Å². The van der Waals surface area contributed by atoms with Crippen LogP contribution in [0.25, 0.3) is 0 Å². The number of nitrogens with zero attached hydrogens (tertiary/aromatic N) is 3. The van der Waals surface area contributed by atoms with Gasteiger partial charge in [0.1, 0.15) is 0 Å². The number of tetrazole rings is 1. The molecule has 0 unspecified atom stereocenters. The topological polar surface area (TPSA) is 54.5 Å². The van der Waals surface area contributed by atoms with Crippen molar-refractivity contribution in [1.82, 2.24) is 20.6 Å². The molecule has 0 aliphatic rings. The Kier molecular flexibility index (Phi) is 2.85. The molecule has 1 rings (SSSR count). The van der Waals surface area contributed by atoms with Gasteiger partial charge in [-0.1, -0.05) is 5.21 Å². The summed E-state index contributed by atoms with van der Waals surface area (Å²) in [6.07, 6.45) is 2.19. The van der Waals surface area contributed by atoms with E-state index < -0.39 is 0 Å². The van der Waals surface area contributed by atoms with Crippen molar-refractivity contribution in [3.05, 3.63) is 6.33 Å². The number of aromatic amines is 1. The number of H-pyrrole nitrogens is 1. The molecule has 0 bridgehead atoms. The Balaban J connectivity index is 0.000000250. The molecule has 0 amide bonds. The zero-order valence-corrected chi connectivity index (χ0v) is 5.68. The summed E-state index contributed by atoms with van der Waals surface area (Å²) in [5.41, 5.74) is 0. The van der Waals surface area contributed by atoms with E-state index >= 15 is 0 Å². The van der Waals surface area contributed by atoms with Crippen molar-refractivity contribution in [2.24, 2.45) is 0 Å². The molecule has 1 heterocycles. The van der Waals surface area contributed by atoms with Gasteiger partial charge in [0, 0.05) is 21.1 Å². The summed E-state index contributed by atoms with van der Waals surface area (Å²) in [6.45, 7) is 0. The third kappa shape index (κ3) is 1.26. The summed E-state index contributed by atoms with van der Waals surface area (Å²) in [5, 5.41) is 11.8. The monoisotopic (exact) mass is 253 g/mol. The van der Waals surface area contributed by atoms with Crippen LogP contribution in [0.15, 0.2) is 0 Å². The van der Waals surface area contributed by atoms with E-state index in [-0.39, 0.29) is 21.1 Å². The molecule has 0 spiro atoms. The van der Waals surface area contributed by atoms with Crippen LogP contribution in [0.4, 0.5) is 0 Å². The predicted octanol–water partition coefficient (Wildman–Crippen LogP) is -1.00. The Labute approximate surface area is 48.6 Å². The van der Waals surface area contributed by atoms with E-state index in [9.17, 15) is 0 Å². The Morgan fingerprint density at radius 2 is 2.33 bits per heavy atom. The molecule has 0 saturated carbocycles. The minimum absolute atomic E-state index is 0. The third-order valence-electron chi connectivity index (χ3n) is 0.239. The summed E-state index contributed by atoms with van der Waals surface area (Å²) >= 11 is 0. The van der Waals surface area contributed by atoms with Crippen molar-refractivity contribution < 1.29 is 21.1 Å². The molecule has 0 radical (unpaired) electrons. The van der Waals surface area contributed by atoms with Crippen LogP contribution in [0.1, 0.15) is 0 Å². The van der Waals surface area contributed by atoms with E-state index in [2.05, 4.69) is 27.0 Å². The molecule has 4 nitrogen and oxygen atoms in total. The van der Waals surface area contributed by atoms with Crippen LogP contribution in [-0.4, -0.2) is 20.6 Å². The molecular formula is CHN4W-. The fourth-order valence-corrected chi connectivity index (χ4v) is 0.112. The summed E-state index contributed by atoms with van der Waals surface area (Å²) in [7, 11) is 0. The van der Waals surface area contributed by atoms with Crippen LogP contribution in [-0.2, 0) is 21.1 Å². The molecule has 0 aromatic carbocycles. The first-order valence-corrected chi connectivity index (χ1v) is 1.09. The quantitative estimate of drug-likeness (QED) is 0.603. The van der Waals surface area contributed by atoms with Gasteiger partial charge in [-0.05, 0) is 0 Å². The van der Waals surface area contributed by atoms with Gasteiger partial charge >= 0.3 is 0 Å². The van der Waals surface area contributed by atoms with Crippen LogP contribution >= 0.6 is 0 Å². The molecule has 1 N–H and O–H groups in total. The van der Waals surface area contributed by atoms with Crippen molar-refractivity contribution in [3.63, 3.8) is 0 Å². The van der Waals surface area contributed by atoms with E-state index in [0.29, 0.717) is 0 Å². The zero-order chi connectivity index (χ0) is 3.54. The second-order valence-corrected chi connectivity index (χ2v) is 0.512. The first-order valence-electron chi connectivity index (χ1n) is 1.09. The van der Waals surface area contributed by atoms with Crippen molar-refractivity contribution >= 4 is 0 Å². The first kappa shape index (κ1) is 5.76. The van der Waals surface area contributed by atoms with E-state index in [1.807, 2.05) is 0 Å². The van der Waals surface area contributed by atoms with E-state index in [4.69, 9.17) is 0 Å². The number of aromatic nitrogens is 4. The summed E-state index contributed by atoms with van der Waals surface area (Å²) in [5.74, 6) is 0. The minimum Gasteiger partial charge on any atom is -0.357 e. The van der Waals surface area contributed by atoms with Gasteiger partial charge in [-0.15, -0.1) is 0 Å². The molecular weight excluding hydrogens is 252 g/mol. The van der Waals surface area contributed by atoms with E-state index in [1.54, 1.807) is 0 Å². The number of nitrogens with one attached hydrogen (secondary N) is 1. The van der Waals surface area contributed by atoms with Gasteiger partial charge in [0.05, 0.1) is 0 Å². The van der Waals surface area contributed by atoms with E-state index in [1.165, 1.54) is 0 Å². The maximum atomic E-state index is 3.25. The van der Waals surface area contributed by atoms with Gasteiger partial charge in [-0.2, -0.15) is 0 Å². The Morgan fingerprint density at radius 1 is 1.50 bits per heavy atom. The van der Waals surface area contributed by atoms with Crippen molar-refractivity contribution in [2.45, 2.75) is 0 Å². The smallest absolute Gasteiger partial charge is 0 e. The Hall–Kier alpha value is -0.242. The average Bonchev–Trinajstić information content (AvgIpc) is 1.76. The molecule has 1 aromatic rings. The number of rotatable bonds is 0. The maximum absolute atomic E-state index is 3.25. The normalized spacial score (nSPS) is 6.67. The van der Waals surface area contributed by atoms with Crippen molar-refractivity contribution in [3.8, 4) is 0 Å². The zero-order valence-electron chi connectivity index (χ0n) is 2.75. The predicted molar refractivity (Wildman–Crippen MR) is 13.0 cm³/mol. The van der Waals surface area contributed by atoms with Gasteiger partial charge < -0.3 is 10.2 Å². The van der Waals surface area contributed by atoms with Crippen molar-refractivity contribution in [2.75, 3.05) is 0 Å². The van der Waals surface area contributed by atoms with Crippen molar-refractivity contribution in [1.29, 1.82) is 0 Å². The minimum atomic E-state index is 0. The fourth-order valence-electron chi connectivity index (χ4n) is 0.112. The molecule has 6 heavy (non-hydrogen) atoms. The SMILES string of the molecule is [W].[c-]1nn[nH]n1. The largest absolute Gasteiger partial charge is 0.357 e. The van der Waals surface area contributed by atoms with Crippen LogP contribution in [0.2, 0.25) is 0 Å². The summed E-state index contributed by atoms with van der Waals surface area (Å²) < 4.78 is 0. The second-order valence-electron chi connectivity index (χ2n) is 0.512. The van der Waals surface area contributed by atoms with Crippen LogP contribution < -0.4 is 0 Å². The van der Waals surface area contributed by atoms with Crippen LogP contribution in [0, 0.1) is 6.33 Å². The molecule has 0 atom stereocenters. The number of hydrogen-bond donors (Lipinski definition) is 1. The van der Waals surface area contributed by atoms with Gasteiger partial charge in [0.15, 0.2) is 0 Å². The molecule has 0 aliphatic carbocycles. The molecule has 5 heteroatoms. The second kappa shape index (κ2) is 2.97. The Morgan fingerprint density at radius 3 is 2.50 bits per heavy atom. The van der Waals surface area contributed by atoms with Gasteiger partial charge in [0.2, 0.25) is 0 Å². The maximum Gasteiger partial charge on any atom is 0 e. The third-order valence-corrected chi connectivity index (χ3v) is 0.239. The summed E-state index contributed by atoms with van der Waals surface area (Å²) in [6, 6.07) is 0. The molecule has 0 saturated heterocycles. The van der Waals surface area contributed by atoms with Gasteiger partial charge in [0.25, 0.3) is 0 Å². The molecule has 0 fully saturated rings. The summed E-state index contributed by atoms with van der Waals surface area (Å²) in [4.78, 5) is 0. The molecule has 1 aromatic heterocycles. The van der Waals surface area contributed by atoms with Crippen LogP contribution in [0.5, 0.6) is 0 Å². The molecule has 32 valence electrons. The average molecular weight is 253 g/mol. The fraction of sp³-hybridized carbons (Fsp3) is 0. The van der Waals surface area contributed by atoms with Crippen LogP contribution in [0.3, 0.4) is 0 Å². The standard InChI is InChI=1S/CHN4.W/c1-2-4-5-3-1;/h(H,2,3,4,5);/q-1;. The van der Waals surface area contributed by atoms with E-state index in [0.717, 1.165) is 0 Å².